The number of benzene rings is 2. The summed E-state index contributed by atoms with van der Waals surface area (Å²) in [6.07, 6.45) is -3.60. The lowest BCUT2D eigenvalue weighted by molar-refractivity contribution is -0.137. The van der Waals surface area contributed by atoms with Crippen LogP contribution in [0.15, 0.2) is 53.6 Å². The Labute approximate surface area is 123 Å². The number of hydrogen-bond donors (Lipinski definition) is 1. The van der Waals surface area contributed by atoms with Gasteiger partial charge in [0.1, 0.15) is 5.82 Å². The highest BCUT2D eigenvalue weighted by atomic mass is 19.4. The number of rotatable bonds is 3. The third-order valence-electron chi connectivity index (χ3n) is 2.74. The first-order valence-corrected chi connectivity index (χ1v) is 6.13. The molecule has 3 nitrogen and oxygen atoms in total. The molecule has 0 radical (unpaired) electrons. The number of carbonyl (C=O) groups is 1. The van der Waals surface area contributed by atoms with Crippen molar-refractivity contribution in [1.29, 1.82) is 0 Å². The first-order chi connectivity index (χ1) is 10.4. The van der Waals surface area contributed by atoms with Gasteiger partial charge in [-0.05, 0) is 30.3 Å². The van der Waals surface area contributed by atoms with Crippen LogP contribution in [0.1, 0.15) is 21.5 Å². The fourth-order valence-corrected chi connectivity index (χ4v) is 1.69. The fourth-order valence-electron chi connectivity index (χ4n) is 1.69. The van der Waals surface area contributed by atoms with Crippen molar-refractivity contribution in [1.82, 2.24) is 5.43 Å². The molecule has 7 heteroatoms. The van der Waals surface area contributed by atoms with E-state index in [1.165, 1.54) is 30.3 Å². The van der Waals surface area contributed by atoms with E-state index in [1.807, 2.05) is 0 Å². The van der Waals surface area contributed by atoms with E-state index in [0.29, 0.717) is 0 Å². The van der Waals surface area contributed by atoms with Crippen molar-refractivity contribution < 1.29 is 22.4 Å². The molecule has 2 aromatic carbocycles. The highest BCUT2D eigenvalue weighted by Crippen LogP contribution is 2.30. The maximum atomic E-state index is 12.8. The van der Waals surface area contributed by atoms with Crippen LogP contribution in [0, 0.1) is 5.82 Å². The van der Waals surface area contributed by atoms with Gasteiger partial charge in [0.15, 0.2) is 0 Å². The number of hydrazone groups is 1. The molecule has 0 unspecified atom stereocenters. The second kappa shape index (κ2) is 6.38. The molecule has 2 rings (SSSR count). The fraction of sp³-hybridized carbons (Fsp3) is 0.0667. The largest absolute Gasteiger partial charge is 0.417 e. The average molecular weight is 310 g/mol. The highest BCUT2D eigenvalue weighted by Gasteiger charge is 2.32. The molecule has 0 saturated carbocycles. The van der Waals surface area contributed by atoms with Gasteiger partial charge >= 0.3 is 6.18 Å². The zero-order valence-corrected chi connectivity index (χ0v) is 11.1. The Kier molecular flexibility index (Phi) is 4.55. The summed E-state index contributed by atoms with van der Waals surface area (Å²) in [6, 6.07) is 9.51. The van der Waals surface area contributed by atoms with Crippen molar-refractivity contribution in [3.8, 4) is 0 Å². The number of alkyl halides is 3. The van der Waals surface area contributed by atoms with Crippen LogP contribution >= 0.6 is 0 Å². The van der Waals surface area contributed by atoms with Crippen molar-refractivity contribution >= 4 is 12.1 Å². The van der Waals surface area contributed by atoms with Crippen LogP contribution in [0.4, 0.5) is 17.6 Å². The third kappa shape index (κ3) is 3.91. The summed E-state index contributed by atoms with van der Waals surface area (Å²) in [6.45, 7) is 0. The summed E-state index contributed by atoms with van der Waals surface area (Å²) in [5.74, 6) is -1.15. The molecule has 0 atom stereocenters. The molecular formula is C15H10F4N2O. The summed E-state index contributed by atoms with van der Waals surface area (Å²) in [5, 5.41) is 3.50. The van der Waals surface area contributed by atoms with E-state index in [-0.39, 0.29) is 11.1 Å². The standard InChI is InChI=1S/C15H10F4N2O/c16-12-7-5-10(6-8-12)14(22)21-20-9-11-3-1-2-4-13(11)15(17,18)19/h1-9H,(H,21,22)/b20-9-. The molecule has 0 aliphatic rings. The monoisotopic (exact) mass is 310 g/mol. The molecular weight excluding hydrogens is 300 g/mol. The number of halogens is 4. The molecule has 0 bridgehead atoms. The maximum absolute atomic E-state index is 12.8. The number of amides is 1. The van der Waals surface area contributed by atoms with Crippen molar-refractivity contribution in [3.05, 3.63) is 71.0 Å². The predicted octanol–water partition coefficient (Wildman–Crippen LogP) is 3.61. The van der Waals surface area contributed by atoms with Crippen LogP contribution in [0.3, 0.4) is 0 Å². The lowest BCUT2D eigenvalue weighted by Gasteiger charge is -2.09. The summed E-state index contributed by atoms with van der Waals surface area (Å²) >= 11 is 0. The molecule has 0 spiro atoms. The van der Waals surface area contributed by atoms with Crippen LogP contribution in [-0.2, 0) is 6.18 Å². The molecule has 22 heavy (non-hydrogen) atoms. The molecule has 2 aromatic rings. The van der Waals surface area contributed by atoms with E-state index in [2.05, 4.69) is 10.5 Å². The molecule has 0 aliphatic heterocycles. The topological polar surface area (TPSA) is 41.5 Å². The van der Waals surface area contributed by atoms with Gasteiger partial charge in [0.25, 0.3) is 5.91 Å². The van der Waals surface area contributed by atoms with Gasteiger partial charge in [0.2, 0.25) is 0 Å². The van der Waals surface area contributed by atoms with E-state index < -0.39 is 23.5 Å². The van der Waals surface area contributed by atoms with E-state index >= 15 is 0 Å². The van der Waals surface area contributed by atoms with Gasteiger partial charge in [-0.25, -0.2) is 9.82 Å². The van der Waals surface area contributed by atoms with Gasteiger partial charge in [-0.3, -0.25) is 4.79 Å². The number of nitrogens with zero attached hydrogens (tertiary/aromatic N) is 1. The minimum absolute atomic E-state index is 0.141. The van der Waals surface area contributed by atoms with E-state index in [4.69, 9.17) is 0 Å². The molecule has 0 saturated heterocycles. The summed E-state index contributed by atoms with van der Waals surface area (Å²) < 4.78 is 51.0. The number of carbonyl (C=O) groups excluding carboxylic acids is 1. The molecule has 0 fully saturated rings. The Morgan fingerprint density at radius 3 is 2.32 bits per heavy atom. The molecule has 1 N–H and O–H groups in total. The summed E-state index contributed by atoms with van der Waals surface area (Å²) in [4.78, 5) is 11.7. The second-order valence-corrected chi connectivity index (χ2v) is 4.29. The van der Waals surface area contributed by atoms with Gasteiger partial charge in [-0.1, -0.05) is 18.2 Å². The predicted molar refractivity (Wildman–Crippen MR) is 72.9 cm³/mol. The van der Waals surface area contributed by atoms with Crippen molar-refractivity contribution in [2.24, 2.45) is 5.10 Å². The van der Waals surface area contributed by atoms with Crippen LogP contribution in [-0.4, -0.2) is 12.1 Å². The van der Waals surface area contributed by atoms with E-state index in [1.54, 1.807) is 0 Å². The zero-order valence-electron chi connectivity index (χ0n) is 11.1. The number of nitrogens with one attached hydrogen (secondary N) is 1. The van der Waals surface area contributed by atoms with Gasteiger partial charge in [0.05, 0.1) is 11.8 Å². The normalized spacial score (nSPS) is 11.6. The van der Waals surface area contributed by atoms with Crippen molar-refractivity contribution in [3.63, 3.8) is 0 Å². The Balaban J connectivity index is 2.10. The van der Waals surface area contributed by atoms with Crippen LogP contribution in [0.25, 0.3) is 0 Å². The molecule has 114 valence electrons. The van der Waals surface area contributed by atoms with Crippen LogP contribution in [0.2, 0.25) is 0 Å². The summed E-state index contributed by atoms with van der Waals surface area (Å²) in [7, 11) is 0. The molecule has 0 heterocycles. The zero-order chi connectivity index (χ0) is 16.2. The van der Waals surface area contributed by atoms with E-state index in [0.717, 1.165) is 24.4 Å². The van der Waals surface area contributed by atoms with Gasteiger partial charge < -0.3 is 0 Å². The van der Waals surface area contributed by atoms with Crippen molar-refractivity contribution in [2.45, 2.75) is 6.18 Å². The maximum Gasteiger partial charge on any atom is 0.417 e. The Morgan fingerprint density at radius 1 is 1.05 bits per heavy atom. The quantitative estimate of drug-likeness (QED) is 0.525. The lowest BCUT2D eigenvalue weighted by Crippen LogP contribution is -2.18. The van der Waals surface area contributed by atoms with Crippen LogP contribution in [0.5, 0.6) is 0 Å². The molecule has 1 amide bonds. The first-order valence-electron chi connectivity index (χ1n) is 6.13. The van der Waals surface area contributed by atoms with Gasteiger partial charge in [-0.15, -0.1) is 0 Å². The summed E-state index contributed by atoms with van der Waals surface area (Å²) in [5.41, 5.74) is 1.20. The minimum Gasteiger partial charge on any atom is -0.267 e. The SMILES string of the molecule is O=C(N/N=C\c1ccccc1C(F)(F)F)c1ccc(F)cc1. The third-order valence-corrected chi connectivity index (χ3v) is 2.74. The Bertz CT molecular complexity index is 693. The van der Waals surface area contributed by atoms with Gasteiger partial charge in [-0.2, -0.15) is 18.3 Å². The lowest BCUT2D eigenvalue weighted by atomic mass is 10.1. The Hall–Kier alpha value is -2.70. The second-order valence-electron chi connectivity index (χ2n) is 4.29. The van der Waals surface area contributed by atoms with Gasteiger partial charge in [0, 0.05) is 11.1 Å². The van der Waals surface area contributed by atoms with E-state index in [9.17, 15) is 22.4 Å². The molecule has 0 aliphatic carbocycles. The Morgan fingerprint density at radius 2 is 1.68 bits per heavy atom. The first kappa shape index (κ1) is 15.7. The highest BCUT2D eigenvalue weighted by molar-refractivity contribution is 5.94. The average Bonchev–Trinajstić information content (AvgIpc) is 2.47. The smallest absolute Gasteiger partial charge is 0.267 e. The molecule has 0 aromatic heterocycles. The minimum atomic E-state index is -4.51. The van der Waals surface area contributed by atoms with Crippen molar-refractivity contribution in [2.75, 3.05) is 0 Å². The number of hydrogen-bond acceptors (Lipinski definition) is 2. The van der Waals surface area contributed by atoms with Crippen LogP contribution < -0.4 is 5.43 Å².